The minimum atomic E-state index is -0.295. The number of carbonyl (C=O) groups excluding carboxylic acids is 1. The lowest BCUT2D eigenvalue weighted by atomic mass is 10.2. The minimum Gasteiger partial charge on any atom is -0.490 e. The third kappa shape index (κ3) is 5.20. The van der Waals surface area contributed by atoms with Crippen LogP contribution < -0.4 is 14.8 Å². The lowest BCUT2D eigenvalue weighted by Gasteiger charge is -2.15. The first-order valence-corrected chi connectivity index (χ1v) is 7.32. The SMILES string of the molecule is C#CCNC(=O)c1cc(Cl)c(OCCCC)c(OCC)c1. The van der Waals surface area contributed by atoms with Gasteiger partial charge >= 0.3 is 0 Å². The smallest absolute Gasteiger partial charge is 0.252 e. The van der Waals surface area contributed by atoms with Crippen molar-refractivity contribution in [3.63, 3.8) is 0 Å². The molecule has 5 heteroatoms. The summed E-state index contributed by atoms with van der Waals surface area (Å²) in [6.45, 7) is 5.10. The number of hydrogen-bond donors (Lipinski definition) is 1. The Kier molecular flexibility index (Phi) is 7.49. The number of carbonyl (C=O) groups is 1. The van der Waals surface area contributed by atoms with Crippen molar-refractivity contribution in [3.05, 3.63) is 22.7 Å². The second kappa shape index (κ2) is 9.15. The maximum absolute atomic E-state index is 11.9. The van der Waals surface area contributed by atoms with E-state index in [1.807, 2.05) is 6.92 Å². The number of halogens is 1. The van der Waals surface area contributed by atoms with Crippen molar-refractivity contribution in [2.75, 3.05) is 19.8 Å². The van der Waals surface area contributed by atoms with E-state index in [0.29, 0.717) is 35.3 Å². The zero-order chi connectivity index (χ0) is 15.7. The minimum absolute atomic E-state index is 0.162. The van der Waals surface area contributed by atoms with Crippen molar-refractivity contribution in [1.29, 1.82) is 0 Å². The van der Waals surface area contributed by atoms with E-state index >= 15 is 0 Å². The van der Waals surface area contributed by atoms with Crippen LogP contribution in [-0.2, 0) is 0 Å². The van der Waals surface area contributed by atoms with Crippen molar-refractivity contribution in [2.24, 2.45) is 0 Å². The van der Waals surface area contributed by atoms with Gasteiger partial charge in [0.1, 0.15) is 0 Å². The van der Waals surface area contributed by atoms with E-state index in [9.17, 15) is 4.79 Å². The van der Waals surface area contributed by atoms with Crippen molar-refractivity contribution < 1.29 is 14.3 Å². The largest absolute Gasteiger partial charge is 0.490 e. The second-order valence-corrected chi connectivity index (χ2v) is 4.71. The van der Waals surface area contributed by atoms with Crippen LogP contribution in [0.5, 0.6) is 11.5 Å². The lowest BCUT2D eigenvalue weighted by Crippen LogP contribution is -2.23. The topological polar surface area (TPSA) is 47.6 Å². The number of hydrogen-bond acceptors (Lipinski definition) is 3. The van der Waals surface area contributed by atoms with Crippen molar-refractivity contribution in [2.45, 2.75) is 26.7 Å². The summed E-state index contributed by atoms with van der Waals surface area (Å²) < 4.78 is 11.2. The van der Waals surface area contributed by atoms with Crippen LogP contribution in [0.4, 0.5) is 0 Å². The molecule has 0 atom stereocenters. The molecule has 0 bridgehead atoms. The molecule has 4 nitrogen and oxygen atoms in total. The number of unbranched alkanes of at least 4 members (excludes halogenated alkanes) is 1. The van der Waals surface area contributed by atoms with Crippen LogP contribution in [0.25, 0.3) is 0 Å². The molecule has 0 aliphatic rings. The first-order valence-electron chi connectivity index (χ1n) is 6.94. The molecule has 0 aromatic heterocycles. The van der Waals surface area contributed by atoms with Crippen LogP contribution in [0, 0.1) is 12.3 Å². The van der Waals surface area contributed by atoms with E-state index in [1.54, 1.807) is 12.1 Å². The average Bonchev–Trinajstić information content (AvgIpc) is 2.47. The molecule has 0 saturated carbocycles. The van der Waals surface area contributed by atoms with Gasteiger partial charge in [-0.15, -0.1) is 6.42 Å². The van der Waals surface area contributed by atoms with Crippen LogP contribution in [0.15, 0.2) is 12.1 Å². The zero-order valence-electron chi connectivity index (χ0n) is 12.4. The molecule has 0 aliphatic carbocycles. The van der Waals surface area contributed by atoms with Crippen molar-refractivity contribution >= 4 is 17.5 Å². The molecule has 1 rings (SSSR count). The molecule has 1 aromatic rings. The highest BCUT2D eigenvalue weighted by Crippen LogP contribution is 2.36. The molecule has 0 unspecified atom stereocenters. The molecule has 0 radical (unpaired) electrons. The van der Waals surface area contributed by atoms with Crippen LogP contribution in [-0.4, -0.2) is 25.7 Å². The van der Waals surface area contributed by atoms with Gasteiger partial charge in [0.05, 0.1) is 24.8 Å². The Labute approximate surface area is 130 Å². The molecular weight excluding hydrogens is 290 g/mol. The molecule has 0 fully saturated rings. The Bertz CT molecular complexity index is 523. The maximum atomic E-state index is 11.9. The van der Waals surface area contributed by atoms with Gasteiger partial charge in [-0.05, 0) is 25.5 Å². The summed E-state index contributed by atoms with van der Waals surface area (Å²) in [5, 5.41) is 2.94. The third-order valence-corrected chi connectivity index (χ3v) is 2.95. The van der Waals surface area contributed by atoms with Crippen molar-refractivity contribution in [3.8, 4) is 23.8 Å². The summed E-state index contributed by atoms with van der Waals surface area (Å²) >= 11 is 6.20. The van der Waals surface area contributed by atoms with Crippen LogP contribution >= 0.6 is 11.6 Å². The molecule has 114 valence electrons. The fourth-order valence-corrected chi connectivity index (χ4v) is 1.92. The Morgan fingerprint density at radius 2 is 2.14 bits per heavy atom. The predicted molar refractivity (Wildman–Crippen MR) is 84.2 cm³/mol. The van der Waals surface area contributed by atoms with E-state index in [4.69, 9.17) is 27.5 Å². The highest BCUT2D eigenvalue weighted by atomic mass is 35.5. The number of rotatable bonds is 8. The predicted octanol–water partition coefficient (Wildman–Crippen LogP) is 3.28. The fourth-order valence-electron chi connectivity index (χ4n) is 1.65. The Morgan fingerprint density at radius 1 is 1.38 bits per heavy atom. The van der Waals surface area contributed by atoms with Gasteiger partial charge in [0.2, 0.25) is 0 Å². The van der Waals surface area contributed by atoms with E-state index in [0.717, 1.165) is 12.8 Å². The molecule has 1 N–H and O–H groups in total. The Hall–Kier alpha value is -1.86. The number of terminal acetylenes is 1. The molecule has 0 saturated heterocycles. The quantitative estimate of drug-likeness (QED) is 0.592. The van der Waals surface area contributed by atoms with Gasteiger partial charge in [-0.1, -0.05) is 30.9 Å². The van der Waals surface area contributed by atoms with Crippen LogP contribution in [0.3, 0.4) is 0 Å². The molecule has 1 aromatic carbocycles. The molecule has 0 heterocycles. The molecular formula is C16H20ClNO3. The number of ether oxygens (including phenoxy) is 2. The summed E-state index contributed by atoms with van der Waals surface area (Å²) in [7, 11) is 0. The second-order valence-electron chi connectivity index (χ2n) is 4.31. The fraction of sp³-hybridized carbons (Fsp3) is 0.438. The molecule has 0 aliphatic heterocycles. The summed E-state index contributed by atoms with van der Waals surface area (Å²) in [5.74, 6) is 2.99. The third-order valence-electron chi connectivity index (χ3n) is 2.67. The number of nitrogens with one attached hydrogen (secondary N) is 1. The van der Waals surface area contributed by atoms with Crippen LogP contribution in [0.1, 0.15) is 37.0 Å². The normalized spacial score (nSPS) is 9.81. The van der Waals surface area contributed by atoms with Gasteiger partial charge in [-0.3, -0.25) is 4.79 Å². The first kappa shape index (κ1) is 17.2. The molecule has 0 spiro atoms. The van der Waals surface area contributed by atoms with E-state index in [2.05, 4.69) is 18.2 Å². The van der Waals surface area contributed by atoms with Gasteiger partial charge in [-0.2, -0.15) is 0 Å². The van der Waals surface area contributed by atoms with E-state index in [-0.39, 0.29) is 12.5 Å². The summed E-state index contributed by atoms with van der Waals surface area (Å²) in [6.07, 6.45) is 7.06. The Balaban J connectivity index is 3.00. The highest BCUT2D eigenvalue weighted by Gasteiger charge is 2.16. The Morgan fingerprint density at radius 3 is 2.76 bits per heavy atom. The summed E-state index contributed by atoms with van der Waals surface area (Å²) in [5.41, 5.74) is 0.390. The van der Waals surface area contributed by atoms with E-state index < -0.39 is 0 Å². The van der Waals surface area contributed by atoms with Gasteiger partial charge in [-0.25, -0.2) is 0 Å². The van der Waals surface area contributed by atoms with Crippen molar-refractivity contribution in [1.82, 2.24) is 5.32 Å². The van der Waals surface area contributed by atoms with Gasteiger partial charge in [0, 0.05) is 5.56 Å². The van der Waals surface area contributed by atoms with Gasteiger partial charge in [0.25, 0.3) is 5.91 Å². The lowest BCUT2D eigenvalue weighted by molar-refractivity contribution is 0.0958. The summed E-state index contributed by atoms with van der Waals surface area (Å²) in [4.78, 5) is 11.9. The zero-order valence-corrected chi connectivity index (χ0v) is 13.1. The standard InChI is InChI=1S/C16H20ClNO3/c1-4-7-9-21-15-13(17)10-12(11-14(15)20-6-3)16(19)18-8-5-2/h2,10-11H,4,6-9H2,1,3H3,(H,18,19). The number of benzene rings is 1. The van der Waals surface area contributed by atoms with Gasteiger partial charge < -0.3 is 14.8 Å². The molecule has 21 heavy (non-hydrogen) atoms. The van der Waals surface area contributed by atoms with E-state index in [1.165, 1.54) is 0 Å². The van der Waals surface area contributed by atoms with Crippen LogP contribution in [0.2, 0.25) is 5.02 Å². The van der Waals surface area contributed by atoms with Gasteiger partial charge in [0.15, 0.2) is 11.5 Å². The highest BCUT2D eigenvalue weighted by molar-refractivity contribution is 6.32. The first-order chi connectivity index (χ1) is 10.1. The molecule has 1 amide bonds. The summed E-state index contributed by atoms with van der Waals surface area (Å²) in [6, 6.07) is 3.17. The number of amides is 1. The monoisotopic (exact) mass is 309 g/mol. The average molecular weight is 310 g/mol. The maximum Gasteiger partial charge on any atom is 0.252 e.